The Labute approximate surface area is 96.9 Å². The number of amides is 1. The highest BCUT2D eigenvalue weighted by Gasteiger charge is 2.36. The number of nitrogens with two attached hydrogens (primary N) is 1. The van der Waals surface area contributed by atoms with E-state index < -0.39 is 11.7 Å². The van der Waals surface area contributed by atoms with Gasteiger partial charge in [-0.3, -0.25) is 4.79 Å². The highest BCUT2D eigenvalue weighted by atomic mass is 16.6. The van der Waals surface area contributed by atoms with Crippen LogP contribution in [0.1, 0.15) is 19.8 Å². The first-order valence-electron chi connectivity index (χ1n) is 5.67. The van der Waals surface area contributed by atoms with Crippen molar-refractivity contribution in [3.8, 4) is 0 Å². The van der Waals surface area contributed by atoms with Crippen molar-refractivity contribution in [3.05, 3.63) is 0 Å². The third kappa shape index (κ3) is 3.17. The lowest BCUT2D eigenvalue weighted by Crippen LogP contribution is -2.51. The minimum Gasteiger partial charge on any atom is -0.378 e. The molecule has 1 amide bonds. The maximum Gasteiger partial charge on any atom is 0.250 e. The molecule has 16 heavy (non-hydrogen) atoms. The average molecular weight is 230 g/mol. The monoisotopic (exact) mass is 230 g/mol. The number of rotatable bonds is 4. The van der Waals surface area contributed by atoms with E-state index in [1.807, 2.05) is 0 Å². The molecule has 1 aliphatic heterocycles. The van der Waals surface area contributed by atoms with Crippen LogP contribution >= 0.6 is 0 Å². The first kappa shape index (κ1) is 13.4. The van der Waals surface area contributed by atoms with Gasteiger partial charge >= 0.3 is 0 Å². The van der Waals surface area contributed by atoms with E-state index in [1.54, 1.807) is 21.0 Å². The molecule has 1 rings (SSSR count). The van der Waals surface area contributed by atoms with Crippen molar-refractivity contribution in [2.75, 3.05) is 33.9 Å². The lowest BCUT2D eigenvalue weighted by molar-refractivity contribution is -0.170. The van der Waals surface area contributed by atoms with Crippen LogP contribution in [0, 0.1) is 0 Å². The molecule has 0 radical (unpaired) electrons. The van der Waals surface area contributed by atoms with Crippen LogP contribution in [0.5, 0.6) is 0 Å². The lowest BCUT2D eigenvalue weighted by Gasteiger charge is -2.38. The second-order valence-corrected chi connectivity index (χ2v) is 4.54. The Hall–Kier alpha value is -0.650. The Balaban J connectivity index is 2.58. The van der Waals surface area contributed by atoms with Crippen LogP contribution in [-0.2, 0) is 14.3 Å². The molecule has 1 aliphatic rings. The van der Waals surface area contributed by atoms with Crippen molar-refractivity contribution in [1.29, 1.82) is 0 Å². The third-order valence-electron chi connectivity index (χ3n) is 2.87. The third-order valence-corrected chi connectivity index (χ3v) is 2.87. The van der Waals surface area contributed by atoms with Crippen LogP contribution < -0.4 is 5.73 Å². The van der Waals surface area contributed by atoms with Gasteiger partial charge in [0.25, 0.3) is 5.91 Å². The molecule has 5 nitrogen and oxygen atoms in total. The van der Waals surface area contributed by atoms with Gasteiger partial charge in [0, 0.05) is 27.2 Å². The van der Waals surface area contributed by atoms with Gasteiger partial charge in [0.15, 0.2) is 0 Å². The molecule has 0 aliphatic carbocycles. The summed E-state index contributed by atoms with van der Waals surface area (Å²) < 4.78 is 11.2. The quantitative estimate of drug-likeness (QED) is 0.737. The average Bonchev–Trinajstić information content (AvgIpc) is 2.29. The Morgan fingerprint density at radius 1 is 1.62 bits per heavy atom. The molecule has 0 saturated carbocycles. The van der Waals surface area contributed by atoms with E-state index in [9.17, 15) is 4.79 Å². The Bertz CT molecular complexity index is 237. The zero-order chi connectivity index (χ0) is 12.2. The van der Waals surface area contributed by atoms with E-state index in [2.05, 4.69) is 0 Å². The molecule has 0 bridgehead atoms. The number of ether oxygens (including phenoxy) is 2. The molecular weight excluding hydrogens is 208 g/mol. The number of nitrogens with zero attached hydrogens (tertiary/aromatic N) is 1. The van der Waals surface area contributed by atoms with Crippen LogP contribution in [0.25, 0.3) is 0 Å². The minimum atomic E-state index is -0.483. The number of likely N-dealkylation sites (N-methyl/N-ethyl adjacent to an activating group) is 1. The Kier molecular flexibility index (Phi) is 4.70. The Morgan fingerprint density at radius 2 is 2.31 bits per heavy atom. The molecule has 1 fully saturated rings. The molecule has 2 unspecified atom stereocenters. The predicted molar refractivity (Wildman–Crippen MR) is 61.1 cm³/mol. The molecule has 0 aromatic carbocycles. The molecule has 1 saturated heterocycles. The summed E-state index contributed by atoms with van der Waals surface area (Å²) in [4.78, 5) is 13.2. The highest BCUT2D eigenvalue weighted by molar-refractivity contribution is 5.80. The molecule has 5 heteroatoms. The van der Waals surface area contributed by atoms with Gasteiger partial charge < -0.3 is 20.1 Å². The van der Waals surface area contributed by atoms with E-state index in [0.29, 0.717) is 13.2 Å². The summed E-state index contributed by atoms with van der Waals surface area (Å²) in [5.41, 5.74) is 5.25. The van der Waals surface area contributed by atoms with Gasteiger partial charge in [-0.2, -0.15) is 0 Å². The fourth-order valence-electron chi connectivity index (χ4n) is 1.92. The number of hydrogen-bond acceptors (Lipinski definition) is 4. The van der Waals surface area contributed by atoms with Crippen molar-refractivity contribution in [1.82, 2.24) is 4.90 Å². The van der Waals surface area contributed by atoms with Crippen molar-refractivity contribution >= 4 is 5.91 Å². The van der Waals surface area contributed by atoms with Gasteiger partial charge in [-0.25, -0.2) is 0 Å². The van der Waals surface area contributed by atoms with Crippen LogP contribution in [-0.4, -0.2) is 56.4 Å². The standard InChI is InChI=1S/C11H22N2O3/c1-9(10(14)13(2)3)16-11(7-12)5-4-6-15-8-11/h9H,4-8,12H2,1-3H3. The summed E-state index contributed by atoms with van der Waals surface area (Å²) in [6, 6.07) is 0. The lowest BCUT2D eigenvalue weighted by atomic mass is 9.96. The van der Waals surface area contributed by atoms with Gasteiger partial charge in [0.1, 0.15) is 11.7 Å². The van der Waals surface area contributed by atoms with E-state index >= 15 is 0 Å². The van der Waals surface area contributed by atoms with Gasteiger partial charge in [-0.05, 0) is 19.8 Å². The van der Waals surface area contributed by atoms with Crippen LogP contribution in [0.15, 0.2) is 0 Å². The summed E-state index contributed by atoms with van der Waals surface area (Å²) in [5.74, 6) is -0.0431. The maximum atomic E-state index is 11.7. The fraction of sp³-hybridized carbons (Fsp3) is 0.909. The number of hydrogen-bond donors (Lipinski definition) is 1. The summed E-state index contributed by atoms with van der Waals surface area (Å²) in [6.07, 6.45) is 1.31. The Morgan fingerprint density at radius 3 is 2.75 bits per heavy atom. The SMILES string of the molecule is CC(OC1(CN)CCCOC1)C(=O)N(C)C. The fourth-order valence-corrected chi connectivity index (χ4v) is 1.92. The summed E-state index contributed by atoms with van der Waals surface area (Å²) >= 11 is 0. The topological polar surface area (TPSA) is 64.8 Å². The van der Waals surface area contributed by atoms with Crippen molar-refractivity contribution < 1.29 is 14.3 Å². The summed E-state index contributed by atoms with van der Waals surface area (Å²) in [5, 5.41) is 0. The normalized spacial score (nSPS) is 27.5. The molecule has 2 N–H and O–H groups in total. The van der Waals surface area contributed by atoms with E-state index in [4.69, 9.17) is 15.2 Å². The highest BCUT2D eigenvalue weighted by Crippen LogP contribution is 2.24. The molecule has 94 valence electrons. The van der Waals surface area contributed by atoms with Crippen LogP contribution in [0.3, 0.4) is 0 Å². The maximum absolute atomic E-state index is 11.7. The largest absolute Gasteiger partial charge is 0.378 e. The zero-order valence-corrected chi connectivity index (χ0v) is 10.4. The van der Waals surface area contributed by atoms with E-state index in [-0.39, 0.29) is 5.91 Å². The molecular formula is C11H22N2O3. The minimum absolute atomic E-state index is 0.0431. The summed E-state index contributed by atoms with van der Waals surface area (Å²) in [7, 11) is 3.43. The van der Waals surface area contributed by atoms with Gasteiger partial charge in [0.05, 0.1) is 6.61 Å². The predicted octanol–water partition coefficient (Wildman–Crippen LogP) is -0.0124. The molecule has 2 atom stereocenters. The van der Waals surface area contributed by atoms with Crippen molar-refractivity contribution in [3.63, 3.8) is 0 Å². The second-order valence-electron chi connectivity index (χ2n) is 4.54. The zero-order valence-electron chi connectivity index (χ0n) is 10.4. The first-order chi connectivity index (χ1) is 7.51. The second kappa shape index (κ2) is 5.61. The van der Waals surface area contributed by atoms with Gasteiger partial charge in [-0.1, -0.05) is 0 Å². The molecule has 0 aromatic heterocycles. The van der Waals surface area contributed by atoms with Gasteiger partial charge in [-0.15, -0.1) is 0 Å². The first-order valence-corrected chi connectivity index (χ1v) is 5.67. The van der Waals surface area contributed by atoms with Crippen molar-refractivity contribution in [2.45, 2.75) is 31.5 Å². The molecule has 0 spiro atoms. The molecule has 1 heterocycles. The smallest absolute Gasteiger partial charge is 0.250 e. The van der Waals surface area contributed by atoms with Crippen molar-refractivity contribution in [2.24, 2.45) is 5.73 Å². The number of carbonyl (C=O) groups excluding carboxylic acids is 1. The van der Waals surface area contributed by atoms with Crippen LogP contribution in [0.4, 0.5) is 0 Å². The van der Waals surface area contributed by atoms with E-state index in [0.717, 1.165) is 19.4 Å². The van der Waals surface area contributed by atoms with Crippen LogP contribution in [0.2, 0.25) is 0 Å². The summed E-state index contributed by atoms with van der Waals surface area (Å²) in [6.45, 7) is 3.38. The van der Waals surface area contributed by atoms with E-state index in [1.165, 1.54) is 4.90 Å². The number of carbonyl (C=O) groups is 1. The molecule has 0 aromatic rings. The van der Waals surface area contributed by atoms with Gasteiger partial charge in [0.2, 0.25) is 0 Å².